The van der Waals surface area contributed by atoms with E-state index in [1.54, 1.807) is 0 Å². The van der Waals surface area contributed by atoms with Gasteiger partial charge in [-0.3, -0.25) is 5.32 Å². The van der Waals surface area contributed by atoms with Gasteiger partial charge in [-0.25, -0.2) is 9.78 Å². The van der Waals surface area contributed by atoms with Gasteiger partial charge in [0.25, 0.3) is 0 Å². The molecule has 0 radical (unpaired) electrons. The standard InChI is InChI=1S/C18H28N4O2/c1-14-7-6-8-16(19-14)20-17(23)22-13-18(9-4-5-10-18)24-12-15(22)11-21(2)3/h6-8,15H,4-5,9-13H2,1-3H3,(H,19,20,23). The number of hydrogen-bond acceptors (Lipinski definition) is 4. The van der Waals surface area contributed by atoms with Crippen LogP contribution < -0.4 is 5.32 Å². The number of ether oxygens (including phenoxy) is 1. The van der Waals surface area contributed by atoms with Crippen molar-refractivity contribution in [2.24, 2.45) is 0 Å². The predicted octanol–water partition coefficient (Wildman–Crippen LogP) is 2.50. The maximum absolute atomic E-state index is 12.9. The third-order valence-corrected chi connectivity index (χ3v) is 4.96. The zero-order valence-electron chi connectivity index (χ0n) is 14.9. The van der Waals surface area contributed by atoms with Crippen LogP contribution in [0.1, 0.15) is 31.4 Å². The molecule has 1 saturated heterocycles. The maximum Gasteiger partial charge on any atom is 0.323 e. The van der Waals surface area contributed by atoms with Gasteiger partial charge in [-0.2, -0.15) is 0 Å². The van der Waals surface area contributed by atoms with Gasteiger partial charge in [0.2, 0.25) is 0 Å². The van der Waals surface area contributed by atoms with Crippen LogP contribution in [0.15, 0.2) is 18.2 Å². The number of urea groups is 1. The number of aryl methyl sites for hydroxylation is 1. The molecule has 1 aliphatic carbocycles. The largest absolute Gasteiger partial charge is 0.371 e. The number of likely N-dealkylation sites (N-methyl/N-ethyl adjacent to an activating group) is 1. The van der Waals surface area contributed by atoms with Crippen molar-refractivity contribution in [1.29, 1.82) is 0 Å². The number of carbonyl (C=O) groups excluding carboxylic acids is 1. The van der Waals surface area contributed by atoms with E-state index in [1.807, 2.05) is 44.1 Å². The molecule has 1 spiro atoms. The highest BCUT2D eigenvalue weighted by Crippen LogP contribution is 2.37. The van der Waals surface area contributed by atoms with Gasteiger partial charge in [0.15, 0.2) is 0 Å². The number of rotatable bonds is 3. The summed E-state index contributed by atoms with van der Waals surface area (Å²) in [5.41, 5.74) is 0.757. The summed E-state index contributed by atoms with van der Waals surface area (Å²) in [6, 6.07) is 5.66. The van der Waals surface area contributed by atoms with Crippen LogP contribution in [0.2, 0.25) is 0 Å². The Balaban J connectivity index is 1.74. The summed E-state index contributed by atoms with van der Waals surface area (Å²) in [5.74, 6) is 0.607. The van der Waals surface area contributed by atoms with Gasteiger partial charge in [-0.1, -0.05) is 18.9 Å². The third kappa shape index (κ3) is 3.87. The Morgan fingerprint density at radius 1 is 1.42 bits per heavy atom. The van der Waals surface area contributed by atoms with Crippen LogP contribution in [0, 0.1) is 6.92 Å². The molecule has 1 atom stereocenters. The van der Waals surface area contributed by atoms with Crippen LogP contribution in [0.25, 0.3) is 0 Å². The summed E-state index contributed by atoms with van der Waals surface area (Å²) in [5, 5.41) is 2.96. The molecule has 1 unspecified atom stereocenters. The Labute approximate surface area is 144 Å². The van der Waals surface area contributed by atoms with E-state index in [0.717, 1.165) is 25.1 Å². The third-order valence-electron chi connectivity index (χ3n) is 4.96. The molecule has 1 aliphatic heterocycles. The fourth-order valence-corrected chi connectivity index (χ4v) is 3.77. The number of pyridine rings is 1. The van der Waals surface area contributed by atoms with E-state index < -0.39 is 0 Å². The van der Waals surface area contributed by atoms with Gasteiger partial charge >= 0.3 is 6.03 Å². The summed E-state index contributed by atoms with van der Waals surface area (Å²) in [7, 11) is 4.05. The number of amides is 2. The lowest BCUT2D eigenvalue weighted by atomic mass is 9.97. The molecule has 1 aromatic heterocycles. The van der Waals surface area contributed by atoms with Gasteiger partial charge in [-0.15, -0.1) is 0 Å². The normalized spacial score (nSPS) is 23.0. The first-order valence-corrected chi connectivity index (χ1v) is 8.77. The summed E-state index contributed by atoms with van der Waals surface area (Å²) >= 11 is 0. The van der Waals surface area contributed by atoms with Crippen LogP contribution >= 0.6 is 0 Å². The first-order valence-electron chi connectivity index (χ1n) is 8.77. The number of hydrogen-bond donors (Lipinski definition) is 1. The first-order chi connectivity index (χ1) is 11.5. The van der Waals surface area contributed by atoms with Crippen molar-refractivity contribution in [3.8, 4) is 0 Å². The molecule has 0 aromatic carbocycles. The molecule has 2 aliphatic rings. The van der Waals surface area contributed by atoms with Crippen LogP contribution in [-0.2, 0) is 4.74 Å². The number of nitrogens with zero attached hydrogens (tertiary/aromatic N) is 3. The SMILES string of the molecule is Cc1cccc(NC(=O)N2CC3(CCCC3)OCC2CN(C)C)n1. The van der Waals surface area contributed by atoms with E-state index in [1.165, 1.54) is 12.8 Å². The van der Waals surface area contributed by atoms with Crippen molar-refractivity contribution in [3.05, 3.63) is 23.9 Å². The minimum Gasteiger partial charge on any atom is -0.371 e. The molecular weight excluding hydrogens is 304 g/mol. The summed E-state index contributed by atoms with van der Waals surface area (Å²) in [6.07, 6.45) is 4.48. The topological polar surface area (TPSA) is 57.7 Å². The van der Waals surface area contributed by atoms with Crippen LogP contribution in [0.3, 0.4) is 0 Å². The average Bonchev–Trinajstić information content (AvgIpc) is 2.97. The van der Waals surface area contributed by atoms with Gasteiger partial charge in [0.05, 0.1) is 24.8 Å². The number of aromatic nitrogens is 1. The van der Waals surface area contributed by atoms with Crippen LogP contribution in [0.5, 0.6) is 0 Å². The van der Waals surface area contributed by atoms with E-state index in [4.69, 9.17) is 4.74 Å². The van der Waals surface area contributed by atoms with Crippen molar-refractivity contribution in [2.75, 3.05) is 39.1 Å². The highest BCUT2D eigenvalue weighted by molar-refractivity contribution is 5.88. The number of nitrogens with one attached hydrogen (secondary N) is 1. The van der Waals surface area contributed by atoms with Crippen LogP contribution in [-0.4, -0.2) is 66.2 Å². The summed E-state index contributed by atoms with van der Waals surface area (Å²) in [4.78, 5) is 21.4. The van der Waals surface area contributed by atoms with Crippen molar-refractivity contribution in [3.63, 3.8) is 0 Å². The highest BCUT2D eigenvalue weighted by Gasteiger charge is 2.44. The lowest BCUT2D eigenvalue weighted by molar-refractivity contribution is -0.118. The molecule has 2 amide bonds. The zero-order chi connectivity index (χ0) is 17.2. The second kappa shape index (κ2) is 7.07. The van der Waals surface area contributed by atoms with Gasteiger partial charge in [0, 0.05) is 12.2 Å². The van der Waals surface area contributed by atoms with E-state index in [2.05, 4.69) is 15.2 Å². The molecule has 3 rings (SSSR count). The second-order valence-electron chi connectivity index (χ2n) is 7.34. The second-order valence-corrected chi connectivity index (χ2v) is 7.34. The number of carbonyl (C=O) groups is 1. The highest BCUT2D eigenvalue weighted by atomic mass is 16.5. The smallest absolute Gasteiger partial charge is 0.323 e. The fourth-order valence-electron chi connectivity index (χ4n) is 3.77. The molecule has 1 aromatic rings. The Morgan fingerprint density at radius 2 is 2.17 bits per heavy atom. The fraction of sp³-hybridized carbons (Fsp3) is 0.667. The molecule has 1 N–H and O–H groups in total. The van der Waals surface area contributed by atoms with E-state index in [0.29, 0.717) is 19.0 Å². The number of morpholine rings is 1. The summed E-state index contributed by atoms with van der Waals surface area (Å²) < 4.78 is 6.23. The van der Waals surface area contributed by atoms with Crippen molar-refractivity contribution in [2.45, 2.75) is 44.2 Å². The van der Waals surface area contributed by atoms with Crippen molar-refractivity contribution < 1.29 is 9.53 Å². The number of anilines is 1. The van der Waals surface area contributed by atoms with Gasteiger partial charge in [-0.05, 0) is 46.0 Å². The van der Waals surface area contributed by atoms with E-state index in [-0.39, 0.29) is 17.7 Å². The minimum absolute atomic E-state index is 0.0658. The molecule has 132 valence electrons. The zero-order valence-corrected chi connectivity index (χ0v) is 14.9. The molecular formula is C18H28N4O2. The van der Waals surface area contributed by atoms with Gasteiger partial charge in [0.1, 0.15) is 5.82 Å². The Kier molecular flexibility index (Phi) is 5.06. The molecule has 2 fully saturated rings. The summed E-state index contributed by atoms with van der Waals surface area (Å²) in [6.45, 7) is 3.99. The molecule has 6 nitrogen and oxygen atoms in total. The molecule has 0 bridgehead atoms. The Morgan fingerprint density at radius 3 is 2.83 bits per heavy atom. The Hall–Kier alpha value is -1.66. The van der Waals surface area contributed by atoms with E-state index in [9.17, 15) is 4.79 Å². The predicted molar refractivity (Wildman–Crippen MR) is 94.2 cm³/mol. The molecule has 1 saturated carbocycles. The van der Waals surface area contributed by atoms with Crippen molar-refractivity contribution in [1.82, 2.24) is 14.8 Å². The lowest BCUT2D eigenvalue weighted by Crippen LogP contribution is -2.60. The molecule has 2 heterocycles. The monoisotopic (exact) mass is 332 g/mol. The lowest BCUT2D eigenvalue weighted by Gasteiger charge is -2.45. The first kappa shape index (κ1) is 17.2. The minimum atomic E-state index is -0.139. The van der Waals surface area contributed by atoms with Gasteiger partial charge < -0.3 is 14.5 Å². The Bertz CT molecular complexity index is 584. The molecule has 6 heteroatoms. The van der Waals surface area contributed by atoms with Crippen LogP contribution in [0.4, 0.5) is 10.6 Å². The maximum atomic E-state index is 12.9. The average molecular weight is 332 g/mol. The van der Waals surface area contributed by atoms with E-state index >= 15 is 0 Å². The molecule has 24 heavy (non-hydrogen) atoms. The van der Waals surface area contributed by atoms with Crippen molar-refractivity contribution >= 4 is 11.8 Å². The quantitative estimate of drug-likeness (QED) is 0.924.